The van der Waals surface area contributed by atoms with Crippen LogP contribution in [0.5, 0.6) is 0 Å². The maximum absolute atomic E-state index is 12.6. The van der Waals surface area contributed by atoms with Crippen LogP contribution in [0.1, 0.15) is 30.0 Å². The van der Waals surface area contributed by atoms with Gasteiger partial charge >= 0.3 is 0 Å². The summed E-state index contributed by atoms with van der Waals surface area (Å²) >= 11 is 0.367. The SMILES string of the molecule is CC1CN(c2cccc(-c3ccc4cnc(CNC(=O)c5cc(SC(F)F)ccn5)cc4n3)n2)C[C@@H](C)O1. The molecule has 5 heterocycles. The number of aromatic nitrogens is 4. The van der Waals surface area contributed by atoms with Crippen molar-refractivity contribution in [1.82, 2.24) is 25.3 Å². The predicted octanol–water partition coefficient (Wildman–Crippen LogP) is 4.95. The topological polar surface area (TPSA) is 93.1 Å². The number of fused-ring (bicyclic) bond motifs is 1. The molecule has 1 N–H and O–H groups in total. The van der Waals surface area contributed by atoms with Crippen molar-refractivity contribution in [3.05, 3.63) is 72.3 Å². The second kappa shape index (κ2) is 11.4. The fraction of sp³-hybridized carbons (Fsp3) is 0.296. The van der Waals surface area contributed by atoms with Crippen LogP contribution in [0.3, 0.4) is 0 Å². The Labute approximate surface area is 222 Å². The number of halogens is 2. The zero-order valence-electron chi connectivity index (χ0n) is 20.8. The molecule has 5 rings (SSSR count). The third kappa shape index (κ3) is 6.22. The Balaban J connectivity index is 1.31. The van der Waals surface area contributed by atoms with Gasteiger partial charge in [0.1, 0.15) is 11.5 Å². The Morgan fingerprint density at radius 1 is 1.08 bits per heavy atom. The molecule has 4 aromatic heterocycles. The summed E-state index contributed by atoms with van der Waals surface area (Å²) in [6.07, 6.45) is 3.30. The van der Waals surface area contributed by atoms with Gasteiger partial charge in [-0.1, -0.05) is 17.8 Å². The van der Waals surface area contributed by atoms with E-state index < -0.39 is 11.7 Å². The van der Waals surface area contributed by atoms with E-state index in [1.165, 1.54) is 18.3 Å². The van der Waals surface area contributed by atoms with Crippen molar-refractivity contribution in [1.29, 1.82) is 0 Å². The number of pyridine rings is 4. The third-order valence-electron chi connectivity index (χ3n) is 5.99. The van der Waals surface area contributed by atoms with Crippen molar-refractivity contribution < 1.29 is 18.3 Å². The van der Waals surface area contributed by atoms with Gasteiger partial charge in [0.15, 0.2) is 0 Å². The van der Waals surface area contributed by atoms with Gasteiger partial charge in [-0.3, -0.25) is 14.8 Å². The summed E-state index contributed by atoms with van der Waals surface area (Å²) in [4.78, 5) is 33.1. The normalized spacial score (nSPS) is 17.7. The lowest BCUT2D eigenvalue weighted by molar-refractivity contribution is -0.00545. The molecule has 1 unspecified atom stereocenters. The van der Waals surface area contributed by atoms with Gasteiger partial charge in [0.05, 0.1) is 41.4 Å². The van der Waals surface area contributed by atoms with Crippen LogP contribution in [-0.4, -0.2) is 56.9 Å². The van der Waals surface area contributed by atoms with Gasteiger partial charge in [-0.2, -0.15) is 8.78 Å². The number of hydrogen-bond donors (Lipinski definition) is 1. The number of amides is 1. The molecule has 0 radical (unpaired) electrons. The first-order valence-electron chi connectivity index (χ1n) is 12.2. The lowest BCUT2D eigenvalue weighted by Crippen LogP contribution is -2.45. The lowest BCUT2D eigenvalue weighted by atomic mass is 10.1. The zero-order chi connectivity index (χ0) is 26.6. The molecular weight excluding hydrogens is 510 g/mol. The smallest absolute Gasteiger partial charge is 0.288 e. The number of nitrogens with zero attached hydrogens (tertiary/aromatic N) is 5. The molecule has 0 spiro atoms. The number of morpholine rings is 1. The molecule has 1 aliphatic heterocycles. The number of carbonyl (C=O) groups is 1. The third-order valence-corrected chi connectivity index (χ3v) is 6.69. The van der Waals surface area contributed by atoms with Crippen molar-refractivity contribution >= 4 is 34.4 Å². The van der Waals surface area contributed by atoms with E-state index in [4.69, 9.17) is 14.7 Å². The first kappa shape index (κ1) is 25.9. The summed E-state index contributed by atoms with van der Waals surface area (Å²) in [5.41, 5.74) is 2.87. The van der Waals surface area contributed by atoms with Gasteiger partial charge < -0.3 is 15.0 Å². The summed E-state index contributed by atoms with van der Waals surface area (Å²) < 4.78 is 31.1. The number of nitrogens with one attached hydrogen (secondary N) is 1. The van der Waals surface area contributed by atoms with Crippen LogP contribution in [0, 0.1) is 0 Å². The molecule has 8 nitrogen and oxygen atoms in total. The quantitative estimate of drug-likeness (QED) is 0.332. The van der Waals surface area contributed by atoms with E-state index in [2.05, 4.69) is 34.0 Å². The van der Waals surface area contributed by atoms with E-state index in [0.717, 1.165) is 41.2 Å². The van der Waals surface area contributed by atoms with Crippen molar-refractivity contribution in [2.24, 2.45) is 0 Å². The minimum absolute atomic E-state index is 0.0619. The summed E-state index contributed by atoms with van der Waals surface area (Å²) in [6.45, 7) is 5.81. The molecule has 196 valence electrons. The van der Waals surface area contributed by atoms with Crippen molar-refractivity contribution in [3.8, 4) is 11.4 Å². The highest BCUT2D eigenvalue weighted by Crippen LogP contribution is 2.26. The summed E-state index contributed by atoms with van der Waals surface area (Å²) in [7, 11) is 0. The van der Waals surface area contributed by atoms with Gasteiger partial charge in [-0.05, 0) is 56.3 Å². The highest BCUT2D eigenvalue weighted by Gasteiger charge is 2.23. The van der Waals surface area contributed by atoms with Crippen molar-refractivity contribution in [3.63, 3.8) is 0 Å². The van der Waals surface area contributed by atoms with Crippen LogP contribution in [0.4, 0.5) is 14.6 Å². The van der Waals surface area contributed by atoms with Crippen LogP contribution in [0.15, 0.2) is 65.8 Å². The van der Waals surface area contributed by atoms with Gasteiger partial charge in [-0.25, -0.2) is 9.97 Å². The monoisotopic (exact) mass is 536 g/mol. The van der Waals surface area contributed by atoms with E-state index in [1.54, 1.807) is 6.20 Å². The molecule has 11 heteroatoms. The van der Waals surface area contributed by atoms with Crippen LogP contribution in [0.2, 0.25) is 0 Å². The number of thioether (sulfide) groups is 1. The molecule has 1 saturated heterocycles. The number of hydrogen-bond acceptors (Lipinski definition) is 8. The minimum Gasteiger partial charge on any atom is -0.372 e. The Morgan fingerprint density at radius 3 is 2.66 bits per heavy atom. The first-order valence-corrected chi connectivity index (χ1v) is 13.0. The number of rotatable bonds is 7. The average Bonchev–Trinajstić information content (AvgIpc) is 2.90. The van der Waals surface area contributed by atoms with Gasteiger partial charge in [0.2, 0.25) is 0 Å². The molecule has 0 aromatic carbocycles. The molecule has 0 aliphatic carbocycles. The number of alkyl halides is 2. The minimum atomic E-state index is -2.57. The van der Waals surface area contributed by atoms with Crippen molar-refractivity contribution in [2.75, 3.05) is 18.0 Å². The number of ether oxygens (including phenoxy) is 1. The van der Waals surface area contributed by atoms with Crippen LogP contribution in [0.25, 0.3) is 22.3 Å². The molecule has 0 bridgehead atoms. The summed E-state index contributed by atoms with van der Waals surface area (Å²) in [6, 6.07) is 14.4. The van der Waals surface area contributed by atoms with E-state index in [9.17, 15) is 13.6 Å². The Kier molecular flexibility index (Phi) is 7.75. The predicted molar refractivity (Wildman–Crippen MR) is 142 cm³/mol. The Bertz CT molecular complexity index is 1450. The van der Waals surface area contributed by atoms with Gasteiger partial charge in [-0.15, -0.1) is 0 Å². The zero-order valence-corrected chi connectivity index (χ0v) is 21.7. The molecular formula is C27H26F2N6O2S. The number of anilines is 1. The molecule has 1 amide bonds. The molecule has 1 fully saturated rings. The van der Waals surface area contributed by atoms with Crippen LogP contribution >= 0.6 is 11.8 Å². The Hall–Kier alpha value is -3.70. The highest BCUT2D eigenvalue weighted by atomic mass is 32.2. The lowest BCUT2D eigenvalue weighted by Gasteiger charge is -2.36. The Morgan fingerprint density at radius 2 is 1.87 bits per heavy atom. The fourth-order valence-electron chi connectivity index (χ4n) is 4.38. The van der Waals surface area contributed by atoms with Crippen LogP contribution < -0.4 is 10.2 Å². The maximum Gasteiger partial charge on any atom is 0.288 e. The highest BCUT2D eigenvalue weighted by molar-refractivity contribution is 7.99. The summed E-state index contributed by atoms with van der Waals surface area (Å²) in [5, 5.41) is 3.60. The first-order chi connectivity index (χ1) is 18.3. The van der Waals surface area contributed by atoms with Gasteiger partial charge in [0, 0.05) is 35.8 Å². The van der Waals surface area contributed by atoms with E-state index in [-0.39, 0.29) is 29.3 Å². The molecule has 38 heavy (non-hydrogen) atoms. The average molecular weight is 537 g/mol. The van der Waals surface area contributed by atoms with E-state index in [0.29, 0.717) is 17.5 Å². The largest absolute Gasteiger partial charge is 0.372 e. The standard InChI is InChI=1S/C27H26F2N6O2S/c1-16-14-35(15-17(2)37-16)25-5-3-4-21(34-25)22-7-6-18-12-31-19(10-23(18)33-22)13-32-26(36)24-11-20(8-9-30-24)38-27(28)29/h3-12,16-17,27H,13-15H2,1-2H3,(H,32,36)/t16-,17?/m1/s1. The van der Waals surface area contributed by atoms with E-state index in [1.807, 2.05) is 36.4 Å². The van der Waals surface area contributed by atoms with Gasteiger partial charge in [0.25, 0.3) is 11.7 Å². The molecule has 1 aliphatic rings. The number of carbonyl (C=O) groups excluding carboxylic acids is 1. The summed E-state index contributed by atoms with van der Waals surface area (Å²) in [5.74, 6) is -2.16. The second-order valence-electron chi connectivity index (χ2n) is 9.05. The molecule has 0 saturated carbocycles. The molecule has 2 atom stereocenters. The van der Waals surface area contributed by atoms with Crippen LogP contribution in [-0.2, 0) is 11.3 Å². The van der Waals surface area contributed by atoms with Crippen molar-refractivity contribution in [2.45, 2.75) is 43.3 Å². The second-order valence-corrected chi connectivity index (χ2v) is 10.1. The fourth-order valence-corrected chi connectivity index (χ4v) is 4.90. The molecule has 4 aromatic rings. The van der Waals surface area contributed by atoms with E-state index >= 15 is 0 Å². The maximum atomic E-state index is 12.6.